The quantitative estimate of drug-likeness (QED) is 0.761. The Morgan fingerprint density at radius 2 is 1.52 bits per heavy atom. The van der Waals surface area contributed by atoms with Crippen molar-refractivity contribution in [2.24, 2.45) is 0 Å². The fourth-order valence-corrected chi connectivity index (χ4v) is 2.87. The minimum atomic E-state index is -4.41. The number of H-pyrrole nitrogens is 1. The molecule has 3 aromatic rings. The lowest BCUT2D eigenvalue weighted by molar-refractivity contribution is -0.137. The van der Waals surface area contributed by atoms with E-state index in [1.807, 2.05) is 6.07 Å². The molecular formula is C19H14F3N3. The molecule has 0 aliphatic heterocycles. The van der Waals surface area contributed by atoms with Crippen LogP contribution in [0.25, 0.3) is 0 Å². The molecule has 0 aliphatic carbocycles. The van der Waals surface area contributed by atoms with Gasteiger partial charge in [0.2, 0.25) is 0 Å². The van der Waals surface area contributed by atoms with E-state index in [0.29, 0.717) is 11.1 Å². The van der Waals surface area contributed by atoms with Crippen LogP contribution >= 0.6 is 0 Å². The lowest BCUT2D eigenvalue weighted by Gasteiger charge is -2.27. The molecule has 1 aromatic heterocycles. The van der Waals surface area contributed by atoms with Crippen molar-refractivity contribution in [1.82, 2.24) is 9.97 Å². The van der Waals surface area contributed by atoms with Gasteiger partial charge in [-0.3, -0.25) is 0 Å². The zero-order chi connectivity index (χ0) is 17.9. The van der Waals surface area contributed by atoms with Gasteiger partial charge in [-0.25, -0.2) is 4.98 Å². The average molecular weight is 341 g/mol. The van der Waals surface area contributed by atoms with E-state index < -0.39 is 17.2 Å². The highest BCUT2D eigenvalue weighted by Gasteiger charge is 2.37. The van der Waals surface area contributed by atoms with Crippen molar-refractivity contribution in [2.75, 3.05) is 0 Å². The summed E-state index contributed by atoms with van der Waals surface area (Å²) in [6, 6.07) is 16.1. The summed E-state index contributed by atoms with van der Waals surface area (Å²) in [4.78, 5) is 6.92. The number of nitrogens with one attached hydrogen (secondary N) is 1. The zero-order valence-corrected chi connectivity index (χ0v) is 13.1. The van der Waals surface area contributed by atoms with Gasteiger partial charge in [0.15, 0.2) is 0 Å². The van der Waals surface area contributed by atoms with E-state index in [4.69, 9.17) is 0 Å². The van der Waals surface area contributed by atoms with Gasteiger partial charge in [-0.15, -0.1) is 0 Å². The maximum absolute atomic E-state index is 12.8. The summed E-state index contributed by atoms with van der Waals surface area (Å²) in [5, 5.41) is 10.0. The molecule has 3 rings (SSSR count). The predicted molar refractivity (Wildman–Crippen MR) is 86.6 cm³/mol. The van der Waals surface area contributed by atoms with Crippen LogP contribution in [-0.2, 0) is 18.0 Å². The van der Waals surface area contributed by atoms with Crippen LogP contribution in [0.15, 0.2) is 67.1 Å². The summed E-state index contributed by atoms with van der Waals surface area (Å²) in [6.45, 7) is 0. The van der Waals surface area contributed by atoms with Crippen molar-refractivity contribution < 1.29 is 13.2 Å². The minimum Gasteiger partial charge on any atom is -0.348 e. The first-order chi connectivity index (χ1) is 12.0. The molecule has 0 saturated heterocycles. The van der Waals surface area contributed by atoms with Crippen LogP contribution in [0.5, 0.6) is 0 Å². The molecule has 1 N–H and O–H groups in total. The van der Waals surface area contributed by atoms with Crippen molar-refractivity contribution in [3.05, 3.63) is 89.5 Å². The lowest BCUT2D eigenvalue weighted by Crippen LogP contribution is -2.29. The van der Waals surface area contributed by atoms with Crippen molar-refractivity contribution >= 4 is 0 Å². The fraction of sp³-hybridized carbons (Fsp3) is 0.158. The third-order valence-corrected chi connectivity index (χ3v) is 4.17. The maximum Gasteiger partial charge on any atom is 0.416 e. The van der Waals surface area contributed by atoms with Crippen LogP contribution in [-0.4, -0.2) is 9.97 Å². The average Bonchev–Trinajstić information content (AvgIpc) is 3.13. The van der Waals surface area contributed by atoms with Gasteiger partial charge in [0, 0.05) is 18.3 Å². The fourth-order valence-electron chi connectivity index (χ4n) is 2.87. The van der Waals surface area contributed by atoms with E-state index in [2.05, 4.69) is 16.0 Å². The summed E-state index contributed by atoms with van der Waals surface area (Å²) < 4.78 is 38.5. The standard InChI is InChI=1S/C19H14F3N3/c20-19(21,22)16-8-6-15(7-9-16)18(12-23,10-17-11-24-13-25-17)14-4-2-1-3-5-14/h1-9,11,13H,10H2,(H,24,25). The van der Waals surface area contributed by atoms with Gasteiger partial charge in [-0.05, 0) is 23.3 Å². The van der Waals surface area contributed by atoms with E-state index in [0.717, 1.165) is 17.8 Å². The summed E-state index contributed by atoms with van der Waals surface area (Å²) in [5.41, 5.74) is 0.0939. The first-order valence-corrected chi connectivity index (χ1v) is 7.57. The Labute approximate surface area is 142 Å². The van der Waals surface area contributed by atoms with Gasteiger partial charge in [0.05, 0.1) is 18.0 Å². The normalized spacial score (nSPS) is 13.8. The third kappa shape index (κ3) is 3.26. The molecule has 0 radical (unpaired) electrons. The molecule has 0 saturated carbocycles. The molecule has 25 heavy (non-hydrogen) atoms. The topological polar surface area (TPSA) is 52.5 Å². The van der Waals surface area contributed by atoms with Gasteiger partial charge in [-0.1, -0.05) is 42.5 Å². The Kier molecular flexibility index (Phi) is 4.32. The Morgan fingerprint density at radius 3 is 2.04 bits per heavy atom. The van der Waals surface area contributed by atoms with E-state index >= 15 is 0 Å². The third-order valence-electron chi connectivity index (χ3n) is 4.17. The van der Waals surface area contributed by atoms with E-state index in [9.17, 15) is 18.4 Å². The first kappa shape index (κ1) is 16.8. The van der Waals surface area contributed by atoms with Crippen molar-refractivity contribution in [3.63, 3.8) is 0 Å². The molecule has 126 valence electrons. The van der Waals surface area contributed by atoms with Crippen molar-refractivity contribution in [3.8, 4) is 6.07 Å². The molecule has 0 amide bonds. The number of aromatic nitrogens is 2. The molecule has 1 unspecified atom stereocenters. The van der Waals surface area contributed by atoms with Crippen LogP contribution in [0, 0.1) is 11.3 Å². The second-order valence-corrected chi connectivity index (χ2v) is 5.71. The molecule has 1 atom stereocenters. The van der Waals surface area contributed by atoms with Gasteiger partial charge in [0.25, 0.3) is 0 Å². The molecular weight excluding hydrogens is 327 g/mol. The van der Waals surface area contributed by atoms with E-state index in [-0.39, 0.29) is 6.42 Å². The largest absolute Gasteiger partial charge is 0.416 e. The number of rotatable bonds is 4. The number of aromatic amines is 1. The van der Waals surface area contributed by atoms with Crippen LogP contribution in [0.2, 0.25) is 0 Å². The van der Waals surface area contributed by atoms with Crippen molar-refractivity contribution in [1.29, 1.82) is 5.26 Å². The van der Waals surface area contributed by atoms with Gasteiger partial charge in [-0.2, -0.15) is 18.4 Å². The number of halogens is 3. The molecule has 6 heteroatoms. The highest BCUT2D eigenvalue weighted by atomic mass is 19.4. The second kappa shape index (κ2) is 6.44. The molecule has 0 aliphatic rings. The zero-order valence-electron chi connectivity index (χ0n) is 13.1. The summed E-state index contributed by atoms with van der Waals surface area (Å²) in [5.74, 6) is 0. The number of hydrogen-bond acceptors (Lipinski definition) is 2. The molecule has 0 fully saturated rings. The smallest absolute Gasteiger partial charge is 0.348 e. The Morgan fingerprint density at radius 1 is 0.920 bits per heavy atom. The monoisotopic (exact) mass is 341 g/mol. The van der Waals surface area contributed by atoms with Crippen LogP contribution in [0.3, 0.4) is 0 Å². The van der Waals surface area contributed by atoms with E-state index in [1.54, 1.807) is 30.5 Å². The van der Waals surface area contributed by atoms with Gasteiger partial charge >= 0.3 is 6.18 Å². The minimum absolute atomic E-state index is 0.277. The number of nitriles is 1. The Balaban J connectivity index is 2.12. The Bertz CT molecular complexity index is 863. The number of hydrogen-bond donors (Lipinski definition) is 1. The number of benzene rings is 2. The summed E-state index contributed by atoms with van der Waals surface area (Å²) in [6.07, 6.45) is -1.02. The molecule has 2 aromatic carbocycles. The number of nitrogens with zero attached hydrogens (tertiary/aromatic N) is 2. The number of alkyl halides is 3. The van der Waals surface area contributed by atoms with Crippen LogP contribution < -0.4 is 0 Å². The van der Waals surface area contributed by atoms with Gasteiger partial charge < -0.3 is 4.98 Å². The van der Waals surface area contributed by atoms with E-state index in [1.165, 1.54) is 18.5 Å². The number of imidazole rings is 1. The second-order valence-electron chi connectivity index (χ2n) is 5.71. The summed E-state index contributed by atoms with van der Waals surface area (Å²) >= 11 is 0. The van der Waals surface area contributed by atoms with Crippen molar-refractivity contribution in [2.45, 2.75) is 18.0 Å². The first-order valence-electron chi connectivity index (χ1n) is 7.57. The van der Waals surface area contributed by atoms with Crippen LogP contribution in [0.4, 0.5) is 13.2 Å². The molecule has 3 nitrogen and oxygen atoms in total. The molecule has 1 heterocycles. The van der Waals surface area contributed by atoms with Crippen LogP contribution in [0.1, 0.15) is 22.4 Å². The maximum atomic E-state index is 12.8. The molecule has 0 bridgehead atoms. The summed E-state index contributed by atoms with van der Waals surface area (Å²) in [7, 11) is 0. The lowest BCUT2D eigenvalue weighted by atomic mass is 9.72. The highest BCUT2D eigenvalue weighted by Crippen LogP contribution is 2.37. The SMILES string of the molecule is N#CC(Cc1cnc[nH]1)(c1ccccc1)c1ccc(C(F)(F)F)cc1. The molecule has 0 spiro atoms. The highest BCUT2D eigenvalue weighted by molar-refractivity contribution is 5.48. The predicted octanol–water partition coefficient (Wildman–Crippen LogP) is 4.48. The van der Waals surface area contributed by atoms with Gasteiger partial charge in [0.1, 0.15) is 5.41 Å². The Hall–Kier alpha value is -3.07.